The second-order valence-corrected chi connectivity index (χ2v) is 7.43. The zero-order chi connectivity index (χ0) is 21.8. The first-order valence-electron chi connectivity index (χ1n) is 10.2. The quantitative estimate of drug-likeness (QED) is 0.697. The molecule has 2 aromatic rings. The molecule has 2 fully saturated rings. The summed E-state index contributed by atoms with van der Waals surface area (Å²) in [5.41, 5.74) is 0.230. The number of methoxy groups -OCH3 is 1. The number of benzene rings is 1. The summed E-state index contributed by atoms with van der Waals surface area (Å²) >= 11 is 0. The molecule has 1 unspecified atom stereocenters. The number of halogens is 1. The number of nitrogens with zero attached hydrogens (tertiary/aromatic N) is 5. The van der Waals surface area contributed by atoms with Crippen molar-refractivity contribution in [3.05, 3.63) is 42.5 Å². The largest absolute Gasteiger partial charge is 0.480 e. The topological polar surface area (TPSA) is 88.1 Å². The van der Waals surface area contributed by atoms with E-state index in [4.69, 9.17) is 9.47 Å². The van der Waals surface area contributed by atoms with Gasteiger partial charge in [-0.15, -0.1) is 0 Å². The van der Waals surface area contributed by atoms with Crippen LogP contribution in [-0.4, -0.2) is 77.6 Å². The zero-order valence-corrected chi connectivity index (χ0v) is 17.2. The number of piperidine rings is 1. The van der Waals surface area contributed by atoms with Gasteiger partial charge in [0, 0.05) is 19.6 Å². The van der Waals surface area contributed by atoms with Crippen LogP contribution in [0, 0.1) is 5.82 Å². The van der Waals surface area contributed by atoms with E-state index >= 15 is 0 Å². The number of para-hydroxylation sites is 1. The standard InChI is InChI=1S/C21H24FN5O4/c1-30-18-11-23-12-19(24-18)31-15-5-4-8-25(13-15)20(28)14-26-9-10-27(21(26)29)17-7-3-2-6-16(17)22/h2-3,6-7,11-12,15H,4-5,8-10,13-14H2,1H3. The van der Waals surface area contributed by atoms with E-state index in [0.717, 1.165) is 12.8 Å². The molecule has 3 heterocycles. The molecule has 2 aliphatic heterocycles. The number of urea groups is 1. The van der Waals surface area contributed by atoms with Crippen LogP contribution >= 0.6 is 0 Å². The Morgan fingerprint density at radius 1 is 1.19 bits per heavy atom. The van der Waals surface area contributed by atoms with Gasteiger partial charge < -0.3 is 19.3 Å². The normalized spacial score (nSPS) is 19.0. The van der Waals surface area contributed by atoms with Crippen molar-refractivity contribution in [2.24, 2.45) is 0 Å². The molecule has 2 aliphatic rings. The lowest BCUT2D eigenvalue weighted by molar-refractivity contribution is -0.134. The van der Waals surface area contributed by atoms with Gasteiger partial charge in [0.1, 0.15) is 18.5 Å². The maximum absolute atomic E-state index is 14.0. The van der Waals surface area contributed by atoms with Crippen molar-refractivity contribution >= 4 is 17.6 Å². The van der Waals surface area contributed by atoms with E-state index in [1.165, 1.54) is 35.4 Å². The number of anilines is 1. The Balaban J connectivity index is 1.34. The molecule has 0 N–H and O–H groups in total. The van der Waals surface area contributed by atoms with Gasteiger partial charge in [0.25, 0.3) is 0 Å². The molecule has 10 heteroatoms. The smallest absolute Gasteiger partial charge is 0.325 e. The van der Waals surface area contributed by atoms with Gasteiger partial charge in [-0.2, -0.15) is 4.98 Å². The van der Waals surface area contributed by atoms with Gasteiger partial charge in [-0.25, -0.2) is 9.18 Å². The Morgan fingerprint density at radius 3 is 2.81 bits per heavy atom. The minimum absolute atomic E-state index is 0.0462. The Labute approximate surface area is 179 Å². The van der Waals surface area contributed by atoms with Gasteiger partial charge in [0.05, 0.1) is 31.7 Å². The van der Waals surface area contributed by atoms with Crippen LogP contribution in [0.1, 0.15) is 12.8 Å². The molecular weight excluding hydrogens is 405 g/mol. The average Bonchev–Trinajstić information content (AvgIpc) is 3.14. The molecule has 2 saturated heterocycles. The van der Waals surface area contributed by atoms with E-state index in [9.17, 15) is 14.0 Å². The zero-order valence-electron chi connectivity index (χ0n) is 17.2. The van der Waals surface area contributed by atoms with Crippen LogP contribution < -0.4 is 14.4 Å². The molecule has 164 valence electrons. The highest BCUT2D eigenvalue weighted by Crippen LogP contribution is 2.24. The average molecular weight is 429 g/mol. The third-order valence-corrected chi connectivity index (χ3v) is 5.38. The van der Waals surface area contributed by atoms with Crippen molar-refractivity contribution in [2.45, 2.75) is 18.9 Å². The molecule has 1 atom stereocenters. The molecule has 0 spiro atoms. The SMILES string of the molecule is COc1cncc(OC2CCCN(C(=O)CN3CCN(c4ccccc4F)C3=O)C2)n1. The van der Waals surface area contributed by atoms with E-state index in [-0.39, 0.29) is 30.3 Å². The number of hydrogen-bond acceptors (Lipinski definition) is 6. The van der Waals surface area contributed by atoms with Gasteiger partial charge in [0.2, 0.25) is 17.7 Å². The highest BCUT2D eigenvalue weighted by Gasteiger charge is 2.34. The second kappa shape index (κ2) is 9.15. The highest BCUT2D eigenvalue weighted by molar-refractivity contribution is 5.96. The summed E-state index contributed by atoms with van der Waals surface area (Å²) in [6, 6.07) is 5.77. The molecule has 9 nitrogen and oxygen atoms in total. The van der Waals surface area contributed by atoms with Gasteiger partial charge in [-0.3, -0.25) is 14.7 Å². The molecule has 3 amide bonds. The Hall–Kier alpha value is -3.43. The van der Waals surface area contributed by atoms with Crippen LogP contribution in [0.3, 0.4) is 0 Å². The summed E-state index contributed by atoms with van der Waals surface area (Å²) in [4.78, 5) is 38.3. The summed E-state index contributed by atoms with van der Waals surface area (Å²) in [6.07, 6.45) is 4.34. The molecule has 0 bridgehead atoms. The lowest BCUT2D eigenvalue weighted by atomic mass is 10.1. The lowest BCUT2D eigenvalue weighted by Gasteiger charge is -2.33. The first kappa shape index (κ1) is 20.8. The van der Waals surface area contributed by atoms with Crippen molar-refractivity contribution in [1.29, 1.82) is 0 Å². The van der Waals surface area contributed by atoms with Crippen LogP contribution in [0.15, 0.2) is 36.7 Å². The summed E-state index contributed by atoms with van der Waals surface area (Å²) in [6.45, 7) is 1.66. The van der Waals surface area contributed by atoms with Crippen molar-refractivity contribution in [2.75, 3.05) is 44.7 Å². The predicted octanol–water partition coefficient (Wildman–Crippen LogP) is 1.94. The third kappa shape index (κ3) is 4.68. The van der Waals surface area contributed by atoms with E-state index in [1.807, 2.05) is 0 Å². The number of carbonyl (C=O) groups is 2. The van der Waals surface area contributed by atoms with Crippen LogP contribution in [0.5, 0.6) is 11.8 Å². The maximum atomic E-state index is 14.0. The van der Waals surface area contributed by atoms with Crippen molar-refractivity contribution in [3.63, 3.8) is 0 Å². The maximum Gasteiger partial charge on any atom is 0.325 e. The number of ether oxygens (including phenoxy) is 2. The number of likely N-dealkylation sites (tertiary alicyclic amines) is 1. The van der Waals surface area contributed by atoms with E-state index < -0.39 is 5.82 Å². The van der Waals surface area contributed by atoms with Crippen LogP contribution in [-0.2, 0) is 4.79 Å². The van der Waals surface area contributed by atoms with Gasteiger partial charge >= 0.3 is 6.03 Å². The van der Waals surface area contributed by atoms with Crippen molar-refractivity contribution in [3.8, 4) is 11.8 Å². The fourth-order valence-corrected chi connectivity index (χ4v) is 3.80. The lowest BCUT2D eigenvalue weighted by Crippen LogP contribution is -2.48. The molecule has 31 heavy (non-hydrogen) atoms. The number of carbonyl (C=O) groups excluding carboxylic acids is 2. The Kier molecular flexibility index (Phi) is 6.15. The monoisotopic (exact) mass is 429 g/mol. The summed E-state index contributed by atoms with van der Waals surface area (Å²) in [7, 11) is 1.50. The van der Waals surface area contributed by atoms with Crippen LogP contribution in [0.4, 0.5) is 14.9 Å². The summed E-state index contributed by atoms with van der Waals surface area (Å²) < 4.78 is 25.0. The molecule has 1 aromatic carbocycles. The summed E-state index contributed by atoms with van der Waals surface area (Å²) in [5, 5.41) is 0. The molecule has 1 aromatic heterocycles. The Bertz CT molecular complexity index is 959. The molecule has 0 radical (unpaired) electrons. The third-order valence-electron chi connectivity index (χ3n) is 5.38. The van der Waals surface area contributed by atoms with E-state index in [2.05, 4.69) is 9.97 Å². The molecule has 0 saturated carbocycles. The number of hydrogen-bond donors (Lipinski definition) is 0. The highest BCUT2D eigenvalue weighted by atomic mass is 19.1. The van der Waals surface area contributed by atoms with Crippen LogP contribution in [0.25, 0.3) is 0 Å². The second-order valence-electron chi connectivity index (χ2n) is 7.43. The Morgan fingerprint density at radius 2 is 2.00 bits per heavy atom. The minimum Gasteiger partial charge on any atom is -0.480 e. The van der Waals surface area contributed by atoms with Gasteiger partial charge in [0.15, 0.2) is 0 Å². The molecular formula is C21H24FN5O4. The van der Waals surface area contributed by atoms with Gasteiger partial charge in [-0.1, -0.05) is 12.1 Å². The van der Waals surface area contributed by atoms with E-state index in [0.29, 0.717) is 37.9 Å². The number of aromatic nitrogens is 2. The first-order valence-corrected chi connectivity index (χ1v) is 10.2. The van der Waals surface area contributed by atoms with Crippen molar-refractivity contribution in [1.82, 2.24) is 19.8 Å². The fraction of sp³-hybridized carbons (Fsp3) is 0.429. The van der Waals surface area contributed by atoms with Gasteiger partial charge in [-0.05, 0) is 25.0 Å². The molecule has 0 aliphatic carbocycles. The van der Waals surface area contributed by atoms with Crippen molar-refractivity contribution < 1.29 is 23.5 Å². The predicted molar refractivity (Wildman–Crippen MR) is 110 cm³/mol. The number of amides is 3. The minimum atomic E-state index is -0.458. The van der Waals surface area contributed by atoms with E-state index in [1.54, 1.807) is 23.1 Å². The van der Waals surface area contributed by atoms with Crippen LogP contribution in [0.2, 0.25) is 0 Å². The summed E-state index contributed by atoms with van der Waals surface area (Å²) in [5.74, 6) is 0.0801. The molecule has 4 rings (SSSR count). The first-order chi connectivity index (χ1) is 15.0. The number of rotatable bonds is 6. The fourth-order valence-electron chi connectivity index (χ4n) is 3.80.